The molecule has 25 heavy (non-hydrogen) atoms. The fourth-order valence-electron chi connectivity index (χ4n) is 2.32. The molecule has 0 unspecified atom stereocenters. The van der Waals surface area contributed by atoms with E-state index in [2.05, 4.69) is 4.99 Å². The highest BCUT2D eigenvalue weighted by atomic mass is 16.6. The minimum Gasteiger partial charge on any atom is -0.496 e. The summed E-state index contributed by atoms with van der Waals surface area (Å²) in [7, 11) is 1.44. The Morgan fingerprint density at radius 2 is 1.92 bits per heavy atom. The van der Waals surface area contributed by atoms with Gasteiger partial charge in [-0.2, -0.15) is 0 Å². The molecule has 0 aromatic heterocycles. The molecule has 126 valence electrons. The van der Waals surface area contributed by atoms with Crippen LogP contribution in [0, 0.1) is 17.0 Å². The zero-order valence-corrected chi connectivity index (χ0v) is 13.6. The summed E-state index contributed by atoms with van der Waals surface area (Å²) in [5, 5.41) is 10.9. The third-order valence-electron chi connectivity index (χ3n) is 3.64. The van der Waals surface area contributed by atoms with Gasteiger partial charge >= 0.3 is 5.97 Å². The Labute approximate surface area is 143 Å². The Bertz CT molecular complexity index is 914. The summed E-state index contributed by atoms with van der Waals surface area (Å²) in [4.78, 5) is 26.7. The van der Waals surface area contributed by atoms with Gasteiger partial charge in [-0.05, 0) is 31.2 Å². The molecule has 0 saturated heterocycles. The molecule has 0 amide bonds. The van der Waals surface area contributed by atoms with Gasteiger partial charge in [0.2, 0.25) is 5.90 Å². The Morgan fingerprint density at radius 3 is 2.56 bits per heavy atom. The molecule has 2 aromatic carbocycles. The van der Waals surface area contributed by atoms with Crippen molar-refractivity contribution in [3.05, 3.63) is 75.0 Å². The number of hydrogen-bond donors (Lipinski definition) is 0. The Morgan fingerprint density at radius 1 is 1.20 bits per heavy atom. The van der Waals surface area contributed by atoms with E-state index in [-0.39, 0.29) is 17.3 Å². The molecule has 7 nitrogen and oxygen atoms in total. The summed E-state index contributed by atoms with van der Waals surface area (Å²) in [6, 6.07) is 11.5. The van der Waals surface area contributed by atoms with E-state index in [0.29, 0.717) is 16.9 Å². The van der Waals surface area contributed by atoms with E-state index in [9.17, 15) is 14.9 Å². The molecule has 0 bridgehead atoms. The Balaban J connectivity index is 2.00. The third-order valence-corrected chi connectivity index (χ3v) is 3.64. The van der Waals surface area contributed by atoms with Gasteiger partial charge in [0.25, 0.3) is 5.69 Å². The van der Waals surface area contributed by atoms with E-state index in [4.69, 9.17) is 9.47 Å². The molecule has 3 rings (SSSR count). The molecule has 0 radical (unpaired) electrons. The number of non-ortho nitro benzene ring substituents is 1. The highest BCUT2D eigenvalue weighted by Crippen LogP contribution is 2.28. The van der Waals surface area contributed by atoms with Gasteiger partial charge in [0.15, 0.2) is 5.70 Å². The van der Waals surface area contributed by atoms with Gasteiger partial charge in [-0.3, -0.25) is 10.1 Å². The molecule has 7 heteroatoms. The van der Waals surface area contributed by atoms with Gasteiger partial charge in [0, 0.05) is 23.3 Å². The number of cyclic esters (lactones) is 1. The average Bonchev–Trinajstić information content (AvgIpc) is 2.96. The highest BCUT2D eigenvalue weighted by molar-refractivity contribution is 6.13. The van der Waals surface area contributed by atoms with Crippen molar-refractivity contribution in [2.75, 3.05) is 7.11 Å². The van der Waals surface area contributed by atoms with E-state index in [1.165, 1.54) is 31.4 Å². The predicted octanol–water partition coefficient (Wildman–Crippen LogP) is 3.26. The van der Waals surface area contributed by atoms with Crippen LogP contribution in [0.4, 0.5) is 5.69 Å². The van der Waals surface area contributed by atoms with Crippen molar-refractivity contribution in [2.24, 2.45) is 4.99 Å². The lowest BCUT2D eigenvalue weighted by Gasteiger charge is -2.04. The lowest BCUT2D eigenvalue weighted by atomic mass is 10.1. The predicted molar refractivity (Wildman–Crippen MR) is 91.4 cm³/mol. The second-order valence-corrected chi connectivity index (χ2v) is 5.39. The SMILES string of the molecule is COc1ccc([N+](=O)[O-])cc1/C=C1\N=C(c2ccc(C)cc2)OC1=O. The van der Waals surface area contributed by atoms with Crippen molar-refractivity contribution < 1.29 is 19.2 Å². The second-order valence-electron chi connectivity index (χ2n) is 5.39. The molecule has 0 aliphatic carbocycles. The number of esters is 1. The highest BCUT2D eigenvalue weighted by Gasteiger charge is 2.25. The summed E-state index contributed by atoms with van der Waals surface area (Å²) in [6.45, 7) is 1.95. The van der Waals surface area contributed by atoms with Crippen LogP contribution in [0.2, 0.25) is 0 Å². The molecular weight excluding hydrogens is 324 g/mol. The maximum absolute atomic E-state index is 12.1. The molecule has 1 aliphatic rings. The molecule has 0 spiro atoms. The van der Waals surface area contributed by atoms with E-state index >= 15 is 0 Å². The minimum absolute atomic E-state index is 0.0503. The summed E-state index contributed by atoms with van der Waals surface area (Å²) in [5.41, 5.74) is 2.06. The first-order valence-corrected chi connectivity index (χ1v) is 7.40. The molecule has 1 heterocycles. The molecule has 0 fully saturated rings. The first kappa shape index (κ1) is 16.4. The summed E-state index contributed by atoms with van der Waals surface area (Å²) >= 11 is 0. The van der Waals surface area contributed by atoms with Crippen LogP contribution in [-0.2, 0) is 9.53 Å². The number of ether oxygens (including phenoxy) is 2. The van der Waals surface area contributed by atoms with Gasteiger partial charge in [-0.15, -0.1) is 0 Å². The molecule has 0 N–H and O–H groups in total. The quantitative estimate of drug-likeness (QED) is 0.369. The van der Waals surface area contributed by atoms with Crippen molar-refractivity contribution >= 4 is 23.6 Å². The van der Waals surface area contributed by atoms with Crippen molar-refractivity contribution in [3.8, 4) is 5.75 Å². The van der Waals surface area contributed by atoms with Gasteiger partial charge in [0.1, 0.15) is 5.75 Å². The Hall–Kier alpha value is -3.48. The number of hydrogen-bond acceptors (Lipinski definition) is 6. The first-order chi connectivity index (χ1) is 12.0. The lowest BCUT2D eigenvalue weighted by molar-refractivity contribution is -0.384. The zero-order valence-electron chi connectivity index (χ0n) is 13.6. The maximum Gasteiger partial charge on any atom is 0.363 e. The van der Waals surface area contributed by atoms with Crippen molar-refractivity contribution in [3.63, 3.8) is 0 Å². The van der Waals surface area contributed by atoms with Crippen LogP contribution in [-0.4, -0.2) is 23.9 Å². The maximum atomic E-state index is 12.1. The van der Waals surface area contributed by atoms with Crippen LogP contribution in [0.1, 0.15) is 16.7 Å². The fourth-order valence-corrected chi connectivity index (χ4v) is 2.32. The normalized spacial score (nSPS) is 15.0. The van der Waals surface area contributed by atoms with Crippen LogP contribution in [0.15, 0.2) is 53.2 Å². The number of nitrogens with zero attached hydrogens (tertiary/aromatic N) is 2. The molecule has 2 aromatic rings. The van der Waals surface area contributed by atoms with Crippen molar-refractivity contribution in [2.45, 2.75) is 6.92 Å². The van der Waals surface area contributed by atoms with Gasteiger partial charge in [-0.25, -0.2) is 9.79 Å². The average molecular weight is 338 g/mol. The third kappa shape index (κ3) is 3.40. The largest absolute Gasteiger partial charge is 0.496 e. The molecule has 1 aliphatic heterocycles. The number of aryl methyl sites for hydroxylation is 1. The van der Waals surface area contributed by atoms with E-state index in [0.717, 1.165) is 5.56 Å². The lowest BCUT2D eigenvalue weighted by Crippen LogP contribution is -2.05. The molecular formula is C18H14N2O5. The van der Waals surface area contributed by atoms with Gasteiger partial charge < -0.3 is 9.47 Å². The number of methoxy groups -OCH3 is 1. The van der Waals surface area contributed by atoms with Crippen molar-refractivity contribution in [1.82, 2.24) is 0 Å². The molecule has 0 atom stereocenters. The summed E-state index contributed by atoms with van der Waals surface area (Å²) in [5.74, 6) is -0.0327. The standard InChI is InChI=1S/C18H14N2O5/c1-11-3-5-12(6-4-11)17-19-15(18(21)25-17)10-13-9-14(20(22)23)7-8-16(13)24-2/h3-10H,1-2H3/b15-10-. The van der Waals surface area contributed by atoms with E-state index < -0.39 is 10.9 Å². The molecule has 0 saturated carbocycles. The van der Waals surface area contributed by atoms with Crippen LogP contribution in [0.25, 0.3) is 6.08 Å². The number of carbonyl (C=O) groups is 1. The number of rotatable bonds is 4. The second kappa shape index (κ2) is 6.56. The monoisotopic (exact) mass is 338 g/mol. The Kier molecular flexibility index (Phi) is 4.30. The topological polar surface area (TPSA) is 91.0 Å². The number of carbonyl (C=O) groups excluding carboxylic acids is 1. The summed E-state index contributed by atoms with van der Waals surface area (Å²) < 4.78 is 10.4. The van der Waals surface area contributed by atoms with Gasteiger partial charge in [0.05, 0.1) is 12.0 Å². The van der Waals surface area contributed by atoms with Crippen LogP contribution in [0.5, 0.6) is 5.75 Å². The summed E-state index contributed by atoms with van der Waals surface area (Å²) in [6.07, 6.45) is 1.41. The smallest absolute Gasteiger partial charge is 0.363 e. The van der Waals surface area contributed by atoms with Gasteiger partial charge in [-0.1, -0.05) is 17.7 Å². The van der Waals surface area contributed by atoms with Crippen molar-refractivity contribution in [1.29, 1.82) is 0 Å². The van der Waals surface area contributed by atoms with Crippen LogP contribution >= 0.6 is 0 Å². The number of aliphatic imine (C=N–C) groups is 1. The van der Waals surface area contributed by atoms with Crippen LogP contribution < -0.4 is 4.74 Å². The fraction of sp³-hybridized carbons (Fsp3) is 0.111. The zero-order chi connectivity index (χ0) is 18.0. The number of benzene rings is 2. The number of nitro groups is 1. The van der Waals surface area contributed by atoms with Crippen LogP contribution in [0.3, 0.4) is 0 Å². The minimum atomic E-state index is -0.621. The van der Waals surface area contributed by atoms with E-state index in [1.54, 1.807) is 12.1 Å². The first-order valence-electron chi connectivity index (χ1n) is 7.40. The van der Waals surface area contributed by atoms with E-state index in [1.807, 2.05) is 19.1 Å². The number of nitro benzene ring substituents is 1.